The Balaban J connectivity index is 2.15. The molecular formula is C13H16INO2. The molecule has 1 amide bonds. The minimum Gasteiger partial charge on any atom is -0.507 e. The van der Waals surface area contributed by atoms with E-state index in [2.05, 4.69) is 0 Å². The summed E-state index contributed by atoms with van der Waals surface area (Å²) in [6.45, 7) is 0. The molecule has 0 heterocycles. The molecule has 1 saturated carbocycles. The maximum absolute atomic E-state index is 12.2. The monoisotopic (exact) mass is 345 g/mol. The van der Waals surface area contributed by atoms with Gasteiger partial charge in [-0.15, -0.1) is 0 Å². The van der Waals surface area contributed by atoms with Gasteiger partial charge in [0.15, 0.2) is 0 Å². The van der Waals surface area contributed by atoms with Crippen molar-refractivity contribution in [2.45, 2.75) is 31.7 Å². The fraction of sp³-hybridized carbons (Fsp3) is 0.462. The molecule has 0 bridgehead atoms. The molecule has 0 saturated heterocycles. The van der Waals surface area contributed by atoms with E-state index in [1.807, 2.05) is 34.5 Å². The number of halogens is 1. The van der Waals surface area contributed by atoms with Crippen molar-refractivity contribution in [2.75, 3.05) is 7.05 Å². The Kier molecular flexibility index (Phi) is 3.91. The molecule has 1 aliphatic rings. The molecule has 4 heteroatoms. The van der Waals surface area contributed by atoms with E-state index in [4.69, 9.17) is 0 Å². The van der Waals surface area contributed by atoms with Gasteiger partial charge >= 0.3 is 0 Å². The zero-order valence-electron chi connectivity index (χ0n) is 9.82. The van der Waals surface area contributed by atoms with Crippen LogP contribution in [0.5, 0.6) is 5.75 Å². The lowest BCUT2D eigenvalue weighted by molar-refractivity contribution is 0.0734. The van der Waals surface area contributed by atoms with Gasteiger partial charge in [-0.05, 0) is 53.6 Å². The van der Waals surface area contributed by atoms with Gasteiger partial charge in [-0.25, -0.2) is 0 Å². The van der Waals surface area contributed by atoms with Gasteiger partial charge in [0, 0.05) is 18.7 Å². The van der Waals surface area contributed by atoms with Gasteiger partial charge in [0.2, 0.25) is 0 Å². The Morgan fingerprint density at radius 1 is 1.41 bits per heavy atom. The molecule has 17 heavy (non-hydrogen) atoms. The normalized spacial score (nSPS) is 16.1. The highest BCUT2D eigenvalue weighted by Crippen LogP contribution is 2.25. The van der Waals surface area contributed by atoms with E-state index in [1.54, 1.807) is 18.2 Å². The van der Waals surface area contributed by atoms with Gasteiger partial charge in [0.25, 0.3) is 5.91 Å². The summed E-state index contributed by atoms with van der Waals surface area (Å²) in [5.74, 6) is 0.180. The van der Waals surface area contributed by atoms with Crippen molar-refractivity contribution in [3.05, 3.63) is 27.3 Å². The van der Waals surface area contributed by atoms with Crippen molar-refractivity contribution in [3.8, 4) is 5.75 Å². The van der Waals surface area contributed by atoms with Crippen LogP contribution in [0.1, 0.15) is 36.0 Å². The lowest BCUT2D eigenvalue weighted by Crippen LogP contribution is -2.35. The van der Waals surface area contributed by atoms with Gasteiger partial charge < -0.3 is 10.0 Å². The molecule has 0 aromatic heterocycles. The number of carbonyl (C=O) groups excluding carboxylic acids is 1. The first-order chi connectivity index (χ1) is 8.09. The van der Waals surface area contributed by atoms with Crippen LogP contribution >= 0.6 is 22.6 Å². The Labute approximate surface area is 115 Å². The molecule has 1 aromatic carbocycles. The summed E-state index contributed by atoms with van der Waals surface area (Å²) in [5, 5.41) is 9.62. The van der Waals surface area contributed by atoms with Crippen LogP contribution in [-0.2, 0) is 0 Å². The summed E-state index contributed by atoms with van der Waals surface area (Å²) < 4.78 is 0.766. The van der Waals surface area contributed by atoms with Crippen LogP contribution in [0.2, 0.25) is 0 Å². The number of carbonyl (C=O) groups is 1. The summed E-state index contributed by atoms with van der Waals surface area (Å²) in [5.41, 5.74) is 0.567. The molecule has 0 aliphatic heterocycles. The molecular weight excluding hydrogens is 329 g/mol. The van der Waals surface area contributed by atoms with E-state index >= 15 is 0 Å². The fourth-order valence-corrected chi connectivity index (χ4v) is 2.64. The van der Waals surface area contributed by atoms with Crippen LogP contribution < -0.4 is 0 Å². The average Bonchev–Trinajstić information content (AvgIpc) is 2.84. The topological polar surface area (TPSA) is 40.5 Å². The number of aromatic hydroxyl groups is 1. The van der Waals surface area contributed by atoms with Crippen LogP contribution in [0.3, 0.4) is 0 Å². The van der Waals surface area contributed by atoms with Crippen LogP contribution in [0.25, 0.3) is 0 Å². The highest BCUT2D eigenvalue weighted by atomic mass is 127. The van der Waals surface area contributed by atoms with E-state index < -0.39 is 0 Å². The summed E-state index contributed by atoms with van der Waals surface area (Å²) >= 11 is 2.04. The van der Waals surface area contributed by atoms with Gasteiger partial charge in [-0.1, -0.05) is 12.8 Å². The molecule has 0 unspecified atom stereocenters. The minimum atomic E-state index is 0.00333. The van der Waals surface area contributed by atoms with Gasteiger partial charge in [0.05, 0.1) is 3.57 Å². The number of phenols is 1. The van der Waals surface area contributed by atoms with Crippen LogP contribution in [0.15, 0.2) is 18.2 Å². The fourth-order valence-electron chi connectivity index (χ4n) is 2.31. The second-order valence-electron chi connectivity index (χ2n) is 4.52. The molecule has 3 nitrogen and oxygen atoms in total. The number of benzene rings is 1. The van der Waals surface area contributed by atoms with Crippen molar-refractivity contribution < 1.29 is 9.90 Å². The molecule has 1 aromatic rings. The summed E-state index contributed by atoms with van der Waals surface area (Å²) in [7, 11) is 1.85. The molecule has 1 fully saturated rings. The number of nitrogens with zero attached hydrogens (tertiary/aromatic N) is 1. The Bertz CT molecular complexity index is 427. The standard InChI is InChI=1S/C13H16INO2/c1-15(10-4-2-3-5-10)13(17)9-6-7-11(14)12(16)8-9/h6-8,10,16H,2-5H2,1H3. The third-order valence-electron chi connectivity index (χ3n) is 3.39. The van der Waals surface area contributed by atoms with Crippen molar-refractivity contribution in [3.63, 3.8) is 0 Å². The molecule has 0 spiro atoms. The summed E-state index contributed by atoms with van der Waals surface area (Å²) in [4.78, 5) is 14.0. The van der Waals surface area contributed by atoms with Crippen molar-refractivity contribution in [1.82, 2.24) is 4.90 Å². The first kappa shape index (κ1) is 12.7. The number of hydrogen-bond donors (Lipinski definition) is 1. The van der Waals surface area contributed by atoms with Gasteiger partial charge in [-0.3, -0.25) is 4.79 Å². The van der Waals surface area contributed by atoms with E-state index in [0.717, 1.165) is 16.4 Å². The van der Waals surface area contributed by atoms with Gasteiger partial charge in [-0.2, -0.15) is 0 Å². The molecule has 0 radical (unpaired) electrons. The Morgan fingerprint density at radius 2 is 2.06 bits per heavy atom. The second kappa shape index (κ2) is 5.25. The number of rotatable bonds is 2. The lowest BCUT2D eigenvalue weighted by Gasteiger charge is -2.24. The number of hydrogen-bond acceptors (Lipinski definition) is 2. The first-order valence-corrected chi connectivity index (χ1v) is 6.93. The van der Waals surface area contributed by atoms with E-state index in [0.29, 0.717) is 11.6 Å². The molecule has 1 aliphatic carbocycles. The lowest BCUT2D eigenvalue weighted by atomic mass is 10.1. The highest BCUT2D eigenvalue weighted by Gasteiger charge is 2.24. The SMILES string of the molecule is CN(C(=O)c1ccc(I)c(O)c1)C1CCCC1. The Hall–Kier alpha value is -0.780. The maximum atomic E-state index is 12.2. The largest absolute Gasteiger partial charge is 0.507 e. The Morgan fingerprint density at radius 3 is 2.65 bits per heavy atom. The van der Waals surface area contributed by atoms with Crippen LogP contribution in [-0.4, -0.2) is 29.0 Å². The molecule has 92 valence electrons. The van der Waals surface area contributed by atoms with Crippen LogP contribution in [0, 0.1) is 3.57 Å². The number of amides is 1. The molecule has 0 atom stereocenters. The smallest absolute Gasteiger partial charge is 0.253 e. The predicted octanol–water partition coefficient (Wildman–Crippen LogP) is 3.01. The molecule has 2 rings (SSSR count). The zero-order valence-corrected chi connectivity index (χ0v) is 12.0. The first-order valence-electron chi connectivity index (χ1n) is 5.85. The summed E-state index contributed by atoms with van der Waals surface area (Å²) in [6.07, 6.45) is 4.61. The second-order valence-corrected chi connectivity index (χ2v) is 5.68. The van der Waals surface area contributed by atoms with Crippen molar-refractivity contribution in [2.24, 2.45) is 0 Å². The van der Waals surface area contributed by atoms with E-state index in [1.165, 1.54) is 12.8 Å². The van der Waals surface area contributed by atoms with E-state index in [9.17, 15) is 9.90 Å². The van der Waals surface area contributed by atoms with Crippen molar-refractivity contribution >= 4 is 28.5 Å². The maximum Gasteiger partial charge on any atom is 0.253 e. The number of phenolic OH excluding ortho intramolecular Hbond substituents is 1. The average molecular weight is 345 g/mol. The third kappa shape index (κ3) is 2.73. The summed E-state index contributed by atoms with van der Waals surface area (Å²) in [6, 6.07) is 5.46. The van der Waals surface area contributed by atoms with Crippen LogP contribution in [0.4, 0.5) is 0 Å². The third-order valence-corrected chi connectivity index (χ3v) is 4.30. The van der Waals surface area contributed by atoms with E-state index in [-0.39, 0.29) is 11.7 Å². The quantitative estimate of drug-likeness (QED) is 0.838. The van der Waals surface area contributed by atoms with Gasteiger partial charge in [0.1, 0.15) is 5.75 Å². The van der Waals surface area contributed by atoms with Crippen molar-refractivity contribution in [1.29, 1.82) is 0 Å². The molecule has 1 N–H and O–H groups in total. The zero-order chi connectivity index (χ0) is 12.4. The minimum absolute atomic E-state index is 0.00333. The highest BCUT2D eigenvalue weighted by molar-refractivity contribution is 14.1. The predicted molar refractivity (Wildman–Crippen MR) is 75.2 cm³/mol.